The second-order valence-electron chi connectivity index (χ2n) is 4.07. The molecule has 0 saturated carbocycles. The fourth-order valence-electron chi connectivity index (χ4n) is 1.39. The van der Waals surface area contributed by atoms with E-state index < -0.39 is 12.0 Å². The van der Waals surface area contributed by atoms with Crippen LogP contribution in [0.1, 0.15) is 12.5 Å². The van der Waals surface area contributed by atoms with Crippen LogP contribution in [-0.4, -0.2) is 42.1 Å². The lowest BCUT2D eigenvalue weighted by molar-refractivity contribution is -0.146. The van der Waals surface area contributed by atoms with Crippen molar-refractivity contribution in [2.75, 3.05) is 14.2 Å². The standard InChI is InChI=1S/C14H17NO4/c1-10(14(17)18)15(2)13(16)8-7-11-5-4-6-12(9-11)19-3/h4-10H,1-3H3,(H,17,18). The van der Waals surface area contributed by atoms with E-state index >= 15 is 0 Å². The van der Waals surface area contributed by atoms with Crippen LogP contribution in [0, 0.1) is 0 Å². The molecule has 0 aliphatic rings. The number of benzene rings is 1. The van der Waals surface area contributed by atoms with Gasteiger partial charge >= 0.3 is 5.97 Å². The smallest absolute Gasteiger partial charge is 0.326 e. The van der Waals surface area contributed by atoms with Crippen LogP contribution in [0.5, 0.6) is 5.75 Å². The molecule has 0 fully saturated rings. The van der Waals surface area contributed by atoms with Crippen molar-refractivity contribution >= 4 is 18.0 Å². The lowest BCUT2D eigenvalue weighted by Crippen LogP contribution is -2.39. The van der Waals surface area contributed by atoms with E-state index in [0.29, 0.717) is 5.75 Å². The maximum atomic E-state index is 11.8. The summed E-state index contributed by atoms with van der Waals surface area (Å²) in [6, 6.07) is 6.37. The molecular formula is C14H17NO4. The first-order valence-corrected chi connectivity index (χ1v) is 5.77. The number of carbonyl (C=O) groups is 2. The van der Waals surface area contributed by atoms with Crippen molar-refractivity contribution < 1.29 is 19.4 Å². The summed E-state index contributed by atoms with van der Waals surface area (Å²) in [6.07, 6.45) is 2.96. The summed E-state index contributed by atoms with van der Waals surface area (Å²) in [5.74, 6) is -0.704. The number of rotatable bonds is 5. The number of hydrogen-bond donors (Lipinski definition) is 1. The SMILES string of the molecule is COc1cccc(C=CC(=O)N(C)C(C)C(=O)O)c1. The highest BCUT2D eigenvalue weighted by molar-refractivity contribution is 5.94. The van der Waals surface area contributed by atoms with Gasteiger partial charge in [-0.1, -0.05) is 12.1 Å². The number of likely N-dealkylation sites (N-methyl/N-ethyl adjacent to an activating group) is 1. The van der Waals surface area contributed by atoms with Crippen LogP contribution in [0.25, 0.3) is 6.08 Å². The van der Waals surface area contributed by atoms with Gasteiger partial charge in [0.05, 0.1) is 7.11 Å². The summed E-state index contributed by atoms with van der Waals surface area (Å²) in [5.41, 5.74) is 0.809. The topological polar surface area (TPSA) is 66.8 Å². The van der Waals surface area contributed by atoms with Gasteiger partial charge < -0.3 is 14.7 Å². The van der Waals surface area contributed by atoms with Crippen molar-refractivity contribution in [1.82, 2.24) is 4.90 Å². The Bertz CT molecular complexity index is 496. The Labute approximate surface area is 112 Å². The summed E-state index contributed by atoms with van der Waals surface area (Å²) in [4.78, 5) is 23.7. The van der Waals surface area contributed by atoms with E-state index in [1.807, 2.05) is 12.1 Å². The van der Waals surface area contributed by atoms with Crippen LogP contribution in [-0.2, 0) is 9.59 Å². The Kier molecular flexibility index (Phi) is 5.11. The van der Waals surface area contributed by atoms with Crippen molar-refractivity contribution in [3.05, 3.63) is 35.9 Å². The van der Waals surface area contributed by atoms with Crippen LogP contribution in [0.4, 0.5) is 0 Å². The number of hydrogen-bond acceptors (Lipinski definition) is 3. The van der Waals surface area contributed by atoms with E-state index in [-0.39, 0.29) is 5.91 Å². The zero-order valence-corrected chi connectivity index (χ0v) is 11.2. The molecule has 0 radical (unpaired) electrons. The van der Waals surface area contributed by atoms with Crippen LogP contribution in [0.15, 0.2) is 30.3 Å². The van der Waals surface area contributed by atoms with Gasteiger partial charge in [0.15, 0.2) is 0 Å². The number of ether oxygens (including phenoxy) is 1. The second kappa shape index (κ2) is 6.58. The predicted octanol–water partition coefficient (Wildman–Crippen LogP) is 1.64. The highest BCUT2D eigenvalue weighted by atomic mass is 16.5. The van der Waals surface area contributed by atoms with E-state index in [4.69, 9.17) is 9.84 Å². The first kappa shape index (κ1) is 14.8. The van der Waals surface area contributed by atoms with Gasteiger partial charge in [-0.05, 0) is 30.7 Å². The van der Waals surface area contributed by atoms with Crippen LogP contribution in [0.2, 0.25) is 0 Å². The third-order valence-corrected chi connectivity index (χ3v) is 2.80. The molecule has 0 saturated heterocycles. The quantitative estimate of drug-likeness (QED) is 0.820. The molecule has 0 heterocycles. The molecule has 0 spiro atoms. The molecule has 1 amide bonds. The fraction of sp³-hybridized carbons (Fsp3) is 0.286. The van der Waals surface area contributed by atoms with Gasteiger partial charge in [-0.15, -0.1) is 0 Å². The molecule has 102 valence electrons. The minimum atomic E-state index is -1.04. The average Bonchev–Trinajstić information content (AvgIpc) is 2.43. The Morgan fingerprint density at radius 2 is 2.11 bits per heavy atom. The molecule has 5 heteroatoms. The minimum absolute atomic E-state index is 0.363. The summed E-state index contributed by atoms with van der Waals surface area (Å²) < 4.78 is 5.07. The highest BCUT2D eigenvalue weighted by Gasteiger charge is 2.19. The average molecular weight is 263 g/mol. The lowest BCUT2D eigenvalue weighted by atomic mass is 10.2. The number of aliphatic carboxylic acids is 1. The highest BCUT2D eigenvalue weighted by Crippen LogP contribution is 2.13. The van der Waals surface area contributed by atoms with Crippen molar-refractivity contribution in [1.29, 1.82) is 0 Å². The van der Waals surface area contributed by atoms with Gasteiger partial charge in [-0.25, -0.2) is 4.79 Å². The van der Waals surface area contributed by atoms with E-state index in [0.717, 1.165) is 5.56 Å². The van der Waals surface area contributed by atoms with Gasteiger partial charge in [-0.2, -0.15) is 0 Å². The van der Waals surface area contributed by atoms with Gasteiger partial charge in [0, 0.05) is 13.1 Å². The minimum Gasteiger partial charge on any atom is -0.497 e. The molecule has 1 unspecified atom stereocenters. The molecule has 1 aromatic rings. The van der Waals surface area contributed by atoms with Crippen molar-refractivity contribution in [3.8, 4) is 5.75 Å². The molecular weight excluding hydrogens is 246 g/mol. The molecule has 0 bridgehead atoms. The monoisotopic (exact) mass is 263 g/mol. The van der Waals surface area contributed by atoms with E-state index in [1.54, 1.807) is 25.3 Å². The fourth-order valence-corrected chi connectivity index (χ4v) is 1.39. The molecule has 19 heavy (non-hydrogen) atoms. The van der Waals surface area contributed by atoms with Crippen LogP contribution < -0.4 is 4.74 Å². The maximum absolute atomic E-state index is 11.8. The summed E-state index contributed by atoms with van der Waals surface area (Å²) >= 11 is 0. The normalized spacial score (nSPS) is 12.2. The third kappa shape index (κ3) is 4.13. The van der Waals surface area contributed by atoms with Gasteiger partial charge in [0.2, 0.25) is 5.91 Å². The van der Waals surface area contributed by atoms with Crippen LogP contribution >= 0.6 is 0 Å². The first-order chi connectivity index (χ1) is 8.95. The van der Waals surface area contributed by atoms with Crippen molar-refractivity contribution in [3.63, 3.8) is 0 Å². The van der Waals surface area contributed by atoms with Gasteiger partial charge in [-0.3, -0.25) is 4.79 Å². The molecule has 1 aromatic carbocycles. The molecule has 0 aromatic heterocycles. The molecule has 5 nitrogen and oxygen atoms in total. The number of carbonyl (C=O) groups excluding carboxylic acids is 1. The molecule has 0 aliphatic heterocycles. The van der Waals surface area contributed by atoms with Crippen LogP contribution in [0.3, 0.4) is 0 Å². The molecule has 1 atom stereocenters. The van der Waals surface area contributed by atoms with E-state index in [2.05, 4.69) is 0 Å². The summed E-state index contributed by atoms with van der Waals surface area (Å²) in [5, 5.41) is 8.82. The molecule has 0 aliphatic carbocycles. The van der Waals surface area contributed by atoms with Gasteiger partial charge in [0.1, 0.15) is 11.8 Å². The molecule has 1 N–H and O–H groups in total. The van der Waals surface area contributed by atoms with Gasteiger partial charge in [0.25, 0.3) is 0 Å². The summed E-state index contributed by atoms with van der Waals surface area (Å²) in [6.45, 7) is 1.46. The predicted molar refractivity (Wildman–Crippen MR) is 71.9 cm³/mol. The Morgan fingerprint density at radius 3 is 2.68 bits per heavy atom. The van der Waals surface area contributed by atoms with Crippen molar-refractivity contribution in [2.45, 2.75) is 13.0 Å². The lowest BCUT2D eigenvalue weighted by Gasteiger charge is -2.19. The largest absolute Gasteiger partial charge is 0.497 e. The number of nitrogens with zero attached hydrogens (tertiary/aromatic N) is 1. The zero-order valence-electron chi connectivity index (χ0n) is 11.2. The second-order valence-corrected chi connectivity index (χ2v) is 4.07. The van der Waals surface area contributed by atoms with E-state index in [9.17, 15) is 9.59 Å². The molecule has 1 rings (SSSR count). The van der Waals surface area contributed by atoms with E-state index in [1.165, 1.54) is 24.9 Å². The van der Waals surface area contributed by atoms with Crippen molar-refractivity contribution in [2.24, 2.45) is 0 Å². The Morgan fingerprint density at radius 1 is 1.42 bits per heavy atom. The number of methoxy groups -OCH3 is 1. The number of amides is 1. The maximum Gasteiger partial charge on any atom is 0.326 e. The Hall–Kier alpha value is -2.30. The summed E-state index contributed by atoms with van der Waals surface area (Å²) in [7, 11) is 3.02. The third-order valence-electron chi connectivity index (χ3n) is 2.80. The number of carboxylic acid groups (broad SMARTS) is 1. The zero-order chi connectivity index (χ0) is 14.4. The first-order valence-electron chi connectivity index (χ1n) is 5.77. The number of carboxylic acids is 1. The Balaban J connectivity index is 2.75.